The molecule has 4 nitrogen and oxygen atoms in total. The molecular formula is C4H4N4. The first-order valence-corrected chi connectivity index (χ1v) is 2.12. The van der Waals surface area contributed by atoms with Crippen LogP contribution in [0, 0.1) is 0 Å². The van der Waals surface area contributed by atoms with E-state index in [0.717, 1.165) is 0 Å². The van der Waals surface area contributed by atoms with Gasteiger partial charge in [0.05, 0.1) is 12.4 Å². The molecule has 0 atom stereocenters. The highest BCUT2D eigenvalue weighted by molar-refractivity contribution is 5.81. The highest BCUT2D eigenvalue weighted by atomic mass is 15.5. The van der Waals surface area contributed by atoms with Gasteiger partial charge in [-0.2, -0.15) is 0 Å². The number of hydrogen-bond acceptors (Lipinski definition) is 4. The molecule has 1 rings (SSSR count). The fourth-order valence-corrected chi connectivity index (χ4v) is 0.282. The van der Waals surface area contributed by atoms with E-state index >= 15 is 0 Å². The van der Waals surface area contributed by atoms with E-state index in [1.165, 1.54) is 12.4 Å². The molecular weight excluding hydrogens is 104 g/mol. The molecule has 1 aliphatic rings. The van der Waals surface area contributed by atoms with Crippen molar-refractivity contribution in [1.82, 2.24) is 0 Å². The lowest BCUT2D eigenvalue weighted by Crippen LogP contribution is -1.67. The zero-order chi connectivity index (χ0) is 5.66. The van der Waals surface area contributed by atoms with E-state index in [2.05, 4.69) is 20.6 Å². The second kappa shape index (κ2) is 2.79. The molecule has 1 aliphatic heterocycles. The van der Waals surface area contributed by atoms with Gasteiger partial charge in [0.25, 0.3) is 0 Å². The first-order chi connectivity index (χ1) is 4.00. The lowest BCUT2D eigenvalue weighted by molar-refractivity contribution is 0.965. The molecule has 0 radical (unpaired) electrons. The largest absolute Gasteiger partial charge is 0.137 e. The molecule has 0 unspecified atom stereocenters. The van der Waals surface area contributed by atoms with Crippen molar-refractivity contribution in [2.24, 2.45) is 20.6 Å². The smallest absolute Gasteiger partial charge is 0.0515 e. The molecule has 0 saturated carbocycles. The Balaban J connectivity index is 2.67. The van der Waals surface area contributed by atoms with Crippen molar-refractivity contribution >= 4 is 12.4 Å². The third-order valence-corrected chi connectivity index (χ3v) is 0.560. The number of rotatable bonds is 0. The van der Waals surface area contributed by atoms with Crippen LogP contribution in [0.25, 0.3) is 0 Å². The molecule has 0 saturated heterocycles. The lowest BCUT2D eigenvalue weighted by atomic mass is 10.5. The Morgan fingerprint density at radius 3 is 1.75 bits per heavy atom. The Bertz CT molecular complexity index is 109. The average molecular weight is 108 g/mol. The van der Waals surface area contributed by atoms with Gasteiger partial charge in [-0.25, -0.2) is 0 Å². The summed E-state index contributed by atoms with van der Waals surface area (Å²) in [6, 6.07) is 0. The van der Waals surface area contributed by atoms with E-state index in [-0.39, 0.29) is 0 Å². The van der Waals surface area contributed by atoms with Gasteiger partial charge >= 0.3 is 0 Å². The summed E-state index contributed by atoms with van der Waals surface area (Å²) in [5.74, 6) is 0. The van der Waals surface area contributed by atoms with Crippen molar-refractivity contribution < 1.29 is 0 Å². The van der Waals surface area contributed by atoms with Crippen LogP contribution in [-0.2, 0) is 0 Å². The summed E-state index contributed by atoms with van der Waals surface area (Å²) in [5.41, 5.74) is 0. The standard InChI is InChI=1S/C4H4N4/c1-2-4-6-8-7-5-3-1/h1-4H/b2-1?,3-1?,4-2?,5-3-,6-4?,7-5?,8-6?,8-7-. The fourth-order valence-electron chi connectivity index (χ4n) is 0.282. The van der Waals surface area contributed by atoms with Crippen LogP contribution in [0.2, 0.25) is 0 Å². The molecule has 0 spiro atoms. The third kappa shape index (κ3) is 1.42. The minimum absolute atomic E-state index is 1.54. The summed E-state index contributed by atoms with van der Waals surface area (Å²) in [5, 5.41) is 13.5. The monoisotopic (exact) mass is 108 g/mol. The van der Waals surface area contributed by atoms with E-state index in [1.807, 2.05) is 0 Å². The Morgan fingerprint density at radius 1 is 0.750 bits per heavy atom. The normalized spacial score (nSPS) is 24.0. The molecule has 0 aromatic carbocycles. The van der Waals surface area contributed by atoms with E-state index in [9.17, 15) is 0 Å². The van der Waals surface area contributed by atoms with E-state index in [0.29, 0.717) is 0 Å². The van der Waals surface area contributed by atoms with E-state index < -0.39 is 0 Å². The zero-order valence-electron chi connectivity index (χ0n) is 4.10. The van der Waals surface area contributed by atoms with Crippen LogP contribution in [0.15, 0.2) is 32.8 Å². The van der Waals surface area contributed by atoms with Gasteiger partial charge in [0.1, 0.15) is 0 Å². The highest BCUT2D eigenvalue weighted by Crippen LogP contribution is 1.80. The topological polar surface area (TPSA) is 49.4 Å². The maximum absolute atomic E-state index is 3.46. The highest BCUT2D eigenvalue weighted by Gasteiger charge is 1.68. The Morgan fingerprint density at radius 2 is 1.25 bits per heavy atom. The number of nitrogens with zero attached hydrogens (tertiary/aromatic N) is 4. The molecule has 1 heterocycles. The summed E-state index contributed by atoms with van der Waals surface area (Å²) < 4.78 is 0. The Hall–Kier alpha value is -1.32. The van der Waals surface area contributed by atoms with Crippen LogP contribution in [0.4, 0.5) is 0 Å². The minimum atomic E-state index is 1.54. The summed E-state index contributed by atoms with van der Waals surface area (Å²) in [7, 11) is 0. The van der Waals surface area contributed by atoms with Crippen molar-refractivity contribution in [3.63, 3.8) is 0 Å². The quantitative estimate of drug-likeness (QED) is 0.444. The summed E-state index contributed by atoms with van der Waals surface area (Å²) in [6.45, 7) is 0. The summed E-state index contributed by atoms with van der Waals surface area (Å²) in [6.07, 6.45) is 6.52. The summed E-state index contributed by atoms with van der Waals surface area (Å²) in [4.78, 5) is 0. The van der Waals surface area contributed by atoms with Crippen molar-refractivity contribution in [3.8, 4) is 0 Å². The van der Waals surface area contributed by atoms with Crippen LogP contribution in [0.1, 0.15) is 0 Å². The first-order valence-electron chi connectivity index (χ1n) is 2.12. The molecule has 0 aromatic heterocycles. The van der Waals surface area contributed by atoms with Gasteiger partial charge in [-0.3, -0.25) is 0 Å². The number of hydrogen-bond donors (Lipinski definition) is 0. The van der Waals surface area contributed by atoms with Crippen molar-refractivity contribution in [1.29, 1.82) is 0 Å². The fraction of sp³-hybridized carbons (Fsp3) is 0. The summed E-state index contributed by atoms with van der Waals surface area (Å²) >= 11 is 0. The predicted molar refractivity (Wildman–Crippen MR) is 31.0 cm³/mol. The molecule has 4 heteroatoms. The van der Waals surface area contributed by atoms with E-state index in [1.54, 1.807) is 12.2 Å². The van der Waals surface area contributed by atoms with Crippen molar-refractivity contribution in [3.05, 3.63) is 12.2 Å². The molecule has 0 N–H and O–H groups in total. The van der Waals surface area contributed by atoms with Crippen LogP contribution < -0.4 is 0 Å². The van der Waals surface area contributed by atoms with Crippen molar-refractivity contribution in [2.45, 2.75) is 0 Å². The van der Waals surface area contributed by atoms with Gasteiger partial charge in [-0.15, -0.1) is 10.2 Å². The molecule has 8 heavy (non-hydrogen) atoms. The van der Waals surface area contributed by atoms with Gasteiger partial charge in [-0.1, -0.05) is 0 Å². The second-order valence-electron chi connectivity index (χ2n) is 1.09. The van der Waals surface area contributed by atoms with Gasteiger partial charge in [0.15, 0.2) is 0 Å². The SMILES string of the molecule is C1=C/C=N\N=N/N=C1. The molecule has 0 amide bonds. The zero-order valence-corrected chi connectivity index (χ0v) is 4.10. The maximum atomic E-state index is 3.46. The van der Waals surface area contributed by atoms with Gasteiger partial charge in [-0.05, 0) is 22.6 Å². The predicted octanol–water partition coefficient (Wildman–Crippen LogP) is 0.980. The molecule has 0 aromatic rings. The van der Waals surface area contributed by atoms with Gasteiger partial charge < -0.3 is 0 Å². The van der Waals surface area contributed by atoms with Crippen LogP contribution in [0.3, 0.4) is 0 Å². The first kappa shape index (κ1) is 4.83. The molecule has 0 fully saturated rings. The Labute approximate surface area is 46.3 Å². The third-order valence-electron chi connectivity index (χ3n) is 0.560. The van der Waals surface area contributed by atoms with Crippen LogP contribution in [-0.4, -0.2) is 12.4 Å². The van der Waals surface area contributed by atoms with E-state index in [4.69, 9.17) is 0 Å². The van der Waals surface area contributed by atoms with Crippen molar-refractivity contribution in [2.75, 3.05) is 0 Å². The number of allylic oxidation sites excluding steroid dienone is 2. The van der Waals surface area contributed by atoms with Gasteiger partial charge in [0.2, 0.25) is 0 Å². The maximum Gasteiger partial charge on any atom is 0.0515 e. The molecule has 0 aliphatic carbocycles. The molecule has 0 bridgehead atoms. The van der Waals surface area contributed by atoms with Crippen LogP contribution >= 0.6 is 0 Å². The second-order valence-corrected chi connectivity index (χ2v) is 1.09. The Kier molecular flexibility index (Phi) is 1.68. The lowest BCUT2D eigenvalue weighted by Gasteiger charge is -1.75. The minimum Gasteiger partial charge on any atom is -0.137 e. The van der Waals surface area contributed by atoms with Crippen LogP contribution in [0.5, 0.6) is 0 Å². The molecule has 40 valence electrons. The average Bonchev–Trinajstić information content (AvgIpc) is 1.62. The van der Waals surface area contributed by atoms with Gasteiger partial charge in [0, 0.05) is 0 Å².